The van der Waals surface area contributed by atoms with E-state index in [0.717, 1.165) is 6.42 Å². The lowest BCUT2D eigenvalue weighted by molar-refractivity contribution is -0.136. The minimum absolute atomic E-state index is 0.0382. The van der Waals surface area contributed by atoms with Gasteiger partial charge in [-0.05, 0) is 25.2 Å². The zero-order chi connectivity index (χ0) is 11.3. The first-order valence-electron chi connectivity index (χ1n) is 5.12. The van der Waals surface area contributed by atoms with Gasteiger partial charge in [0.25, 0.3) is 0 Å². The monoisotopic (exact) mass is 226 g/mol. The van der Waals surface area contributed by atoms with Crippen molar-refractivity contribution in [3.63, 3.8) is 0 Å². The quantitative estimate of drug-likeness (QED) is 0.552. The first-order valence-corrected chi connectivity index (χ1v) is 5.12. The molecule has 15 heavy (non-hydrogen) atoms. The summed E-state index contributed by atoms with van der Waals surface area (Å²) in [5.41, 5.74) is 2.45. The summed E-state index contributed by atoms with van der Waals surface area (Å²) >= 11 is 0. The summed E-state index contributed by atoms with van der Waals surface area (Å²) in [4.78, 5) is 0. The molecule has 0 bridgehead atoms. The second kappa shape index (κ2) is 5.67. The molecule has 0 aromatic carbocycles. The van der Waals surface area contributed by atoms with E-state index in [1.807, 2.05) is 0 Å². The Labute approximate surface area is 87.1 Å². The van der Waals surface area contributed by atoms with E-state index in [1.54, 1.807) is 0 Å². The van der Waals surface area contributed by atoms with Gasteiger partial charge in [0.2, 0.25) is 0 Å². The highest BCUT2D eigenvalue weighted by Crippen LogP contribution is 2.25. The summed E-state index contributed by atoms with van der Waals surface area (Å²) in [6, 6.07) is -0.265. The molecular weight excluding hydrogens is 209 g/mol. The molecule has 0 radical (unpaired) electrons. The third kappa shape index (κ3) is 5.34. The normalized spacial score (nSPS) is 24.4. The van der Waals surface area contributed by atoms with Crippen molar-refractivity contribution in [2.45, 2.75) is 37.9 Å². The number of halogens is 3. The highest BCUT2D eigenvalue weighted by molar-refractivity contribution is 4.73. The third-order valence-corrected chi connectivity index (χ3v) is 2.65. The number of nitrogens with two attached hydrogens (primary N) is 1. The zero-order valence-corrected chi connectivity index (χ0v) is 8.52. The van der Waals surface area contributed by atoms with E-state index in [1.165, 1.54) is 0 Å². The second-order valence-corrected chi connectivity index (χ2v) is 3.98. The van der Waals surface area contributed by atoms with Crippen molar-refractivity contribution in [2.75, 3.05) is 13.2 Å². The van der Waals surface area contributed by atoms with Gasteiger partial charge in [0.05, 0.1) is 0 Å². The Kier molecular flexibility index (Phi) is 4.82. The van der Waals surface area contributed by atoms with Crippen LogP contribution >= 0.6 is 0 Å². The first kappa shape index (κ1) is 12.7. The van der Waals surface area contributed by atoms with Crippen molar-refractivity contribution in [3.05, 3.63) is 0 Å². The first-order chi connectivity index (χ1) is 7.01. The minimum atomic E-state index is -4.10. The van der Waals surface area contributed by atoms with E-state index < -0.39 is 12.6 Å². The predicted molar refractivity (Wildman–Crippen MR) is 49.9 cm³/mol. The summed E-state index contributed by atoms with van der Waals surface area (Å²) in [6.45, 7) is 1.35. The lowest BCUT2D eigenvalue weighted by atomic mass is 9.96. The summed E-state index contributed by atoms with van der Waals surface area (Å²) < 4.78 is 41.1. The number of alkyl halides is 3. The van der Waals surface area contributed by atoms with Crippen LogP contribution in [0.15, 0.2) is 0 Å². The van der Waals surface area contributed by atoms with E-state index in [4.69, 9.17) is 10.6 Å². The molecule has 1 saturated heterocycles. The van der Waals surface area contributed by atoms with E-state index >= 15 is 0 Å². The van der Waals surface area contributed by atoms with Crippen LogP contribution in [0.3, 0.4) is 0 Å². The molecule has 1 aliphatic rings. The molecule has 1 heterocycles. The molecule has 0 aliphatic carbocycles. The second-order valence-electron chi connectivity index (χ2n) is 3.98. The van der Waals surface area contributed by atoms with Crippen LogP contribution < -0.4 is 11.3 Å². The van der Waals surface area contributed by atoms with Crippen LogP contribution in [0.25, 0.3) is 0 Å². The molecule has 6 heteroatoms. The molecule has 0 spiro atoms. The van der Waals surface area contributed by atoms with Gasteiger partial charge in [-0.2, -0.15) is 13.2 Å². The molecule has 1 fully saturated rings. The minimum Gasteiger partial charge on any atom is -0.381 e. The number of hydrogen-bond acceptors (Lipinski definition) is 3. The Morgan fingerprint density at radius 1 is 1.47 bits per heavy atom. The largest absolute Gasteiger partial charge is 0.389 e. The summed E-state index contributed by atoms with van der Waals surface area (Å²) in [5.74, 6) is 5.57. The van der Waals surface area contributed by atoms with Gasteiger partial charge in [-0.25, -0.2) is 0 Å². The fourth-order valence-corrected chi connectivity index (χ4v) is 1.78. The summed E-state index contributed by atoms with van der Waals surface area (Å²) in [7, 11) is 0. The Morgan fingerprint density at radius 3 is 2.67 bits per heavy atom. The number of nitrogens with one attached hydrogen (secondary N) is 1. The van der Waals surface area contributed by atoms with Crippen molar-refractivity contribution in [2.24, 2.45) is 11.8 Å². The van der Waals surface area contributed by atoms with E-state index in [-0.39, 0.29) is 12.5 Å². The molecule has 3 nitrogen and oxygen atoms in total. The topological polar surface area (TPSA) is 47.3 Å². The Hall–Kier alpha value is -0.330. The SMILES string of the molecule is NNC(CCC(F)(F)F)CC1CCOC1. The molecule has 90 valence electrons. The predicted octanol–water partition coefficient (Wildman–Crippen LogP) is 1.59. The Morgan fingerprint density at radius 2 is 2.20 bits per heavy atom. The van der Waals surface area contributed by atoms with Crippen LogP contribution in [0, 0.1) is 5.92 Å². The molecule has 0 aromatic heterocycles. The van der Waals surface area contributed by atoms with Gasteiger partial charge in [-0.1, -0.05) is 0 Å². The van der Waals surface area contributed by atoms with Crippen LogP contribution in [0.5, 0.6) is 0 Å². The third-order valence-electron chi connectivity index (χ3n) is 2.65. The van der Waals surface area contributed by atoms with Gasteiger partial charge in [0, 0.05) is 25.7 Å². The molecule has 0 aromatic rings. The Balaban J connectivity index is 2.22. The van der Waals surface area contributed by atoms with Gasteiger partial charge in [0.1, 0.15) is 0 Å². The molecular formula is C9H17F3N2O. The summed E-state index contributed by atoms with van der Waals surface area (Å²) in [5, 5.41) is 0. The average Bonchev–Trinajstić information content (AvgIpc) is 2.63. The van der Waals surface area contributed by atoms with Crippen LogP contribution in [0.1, 0.15) is 25.7 Å². The van der Waals surface area contributed by atoms with Crippen LogP contribution in [-0.2, 0) is 4.74 Å². The van der Waals surface area contributed by atoms with Crippen LogP contribution in [0.4, 0.5) is 13.2 Å². The van der Waals surface area contributed by atoms with E-state index in [9.17, 15) is 13.2 Å². The van der Waals surface area contributed by atoms with Crippen molar-refractivity contribution < 1.29 is 17.9 Å². The van der Waals surface area contributed by atoms with Crippen molar-refractivity contribution in [1.82, 2.24) is 5.43 Å². The van der Waals surface area contributed by atoms with E-state index in [2.05, 4.69) is 5.43 Å². The van der Waals surface area contributed by atoms with Gasteiger partial charge in [-0.15, -0.1) is 0 Å². The average molecular weight is 226 g/mol. The molecule has 0 saturated carbocycles. The zero-order valence-electron chi connectivity index (χ0n) is 8.52. The lowest BCUT2D eigenvalue weighted by Gasteiger charge is -2.19. The molecule has 2 atom stereocenters. The number of ether oxygens (including phenoxy) is 1. The standard InChI is InChI=1S/C9H17F3N2O/c10-9(11,12)3-1-8(14-13)5-7-2-4-15-6-7/h7-8,14H,1-6,13H2. The highest BCUT2D eigenvalue weighted by Gasteiger charge is 2.29. The van der Waals surface area contributed by atoms with Crippen LogP contribution in [-0.4, -0.2) is 25.4 Å². The van der Waals surface area contributed by atoms with E-state index in [0.29, 0.717) is 25.6 Å². The van der Waals surface area contributed by atoms with Crippen molar-refractivity contribution in [3.8, 4) is 0 Å². The molecule has 0 amide bonds. The Bertz CT molecular complexity index is 181. The van der Waals surface area contributed by atoms with Gasteiger partial charge < -0.3 is 4.74 Å². The molecule has 1 aliphatic heterocycles. The smallest absolute Gasteiger partial charge is 0.381 e. The highest BCUT2D eigenvalue weighted by atomic mass is 19.4. The summed E-state index contributed by atoms with van der Waals surface area (Å²) in [6.07, 6.45) is -3.26. The fourth-order valence-electron chi connectivity index (χ4n) is 1.78. The number of rotatable bonds is 5. The van der Waals surface area contributed by atoms with Crippen molar-refractivity contribution in [1.29, 1.82) is 0 Å². The fraction of sp³-hybridized carbons (Fsp3) is 1.00. The van der Waals surface area contributed by atoms with Gasteiger partial charge in [0.15, 0.2) is 0 Å². The number of hydrazine groups is 1. The molecule has 2 unspecified atom stereocenters. The number of hydrogen-bond donors (Lipinski definition) is 2. The maximum atomic E-state index is 12.0. The molecule has 3 N–H and O–H groups in total. The molecule has 1 rings (SSSR count). The lowest BCUT2D eigenvalue weighted by Crippen LogP contribution is -2.37. The van der Waals surface area contributed by atoms with Crippen LogP contribution in [0.2, 0.25) is 0 Å². The maximum absolute atomic E-state index is 12.0. The van der Waals surface area contributed by atoms with Crippen molar-refractivity contribution >= 4 is 0 Å². The van der Waals surface area contributed by atoms with Gasteiger partial charge in [-0.3, -0.25) is 11.3 Å². The maximum Gasteiger partial charge on any atom is 0.389 e. The van der Waals surface area contributed by atoms with Gasteiger partial charge >= 0.3 is 6.18 Å².